The van der Waals surface area contributed by atoms with Gasteiger partial charge in [-0.05, 0) is 12.1 Å². The molecule has 0 saturated heterocycles. The molecule has 0 radical (unpaired) electrons. The van der Waals surface area contributed by atoms with Crippen LogP contribution in [0, 0.1) is 0 Å². The largest absolute Gasteiger partial charge is 0.496 e. The van der Waals surface area contributed by atoms with Crippen molar-refractivity contribution in [3.05, 3.63) is 52.0 Å². The number of halogens is 1. The molecular formula is C16H13BrO4. The predicted molar refractivity (Wildman–Crippen MR) is 81.4 cm³/mol. The number of carbonyl (C=O) groups is 1. The van der Waals surface area contributed by atoms with E-state index in [4.69, 9.17) is 14.2 Å². The lowest BCUT2D eigenvalue weighted by molar-refractivity contribution is 0.0856. The third kappa shape index (κ3) is 2.38. The van der Waals surface area contributed by atoms with E-state index < -0.39 is 6.10 Å². The van der Waals surface area contributed by atoms with Gasteiger partial charge >= 0.3 is 0 Å². The third-order valence-corrected chi connectivity index (χ3v) is 3.93. The Morgan fingerprint density at radius 1 is 1.10 bits per heavy atom. The van der Waals surface area contributed by atoms with Crippen molar-refractivity contribution in [3.63, 3.8) is 0 Å². The summed E-state index contributed by atoms with van der Waals surface area (Å²) in [6, 6.07) is 10.9. The Hall–Kier alpha value is -2.01. The van der Waals surface area contributed by atoms with Gasteiger partial charge in [-0.25, -0.2) is 0 Å². The van der Waals surface area contributed by atoms with E-state index in [9.17, 15) is 4.79 Å². The molecule has 1 aliphatic rings. The Morgan fingerprint density at radius 3 is 2.43 bits per heavy atom. The van der Waals surface area contributed by atoms with E-state index in [1.165, 1.54) is 7.11 Å². The Kier molecular flexibility index (Phi) is 3.59. The summed E-state index contributed by atoms with van der Waals surface area (Å²) in [6.07, 6.45) is -0.644. The molecule has 1 heterocycles. The van der Waals surface area contributed by atoms with Gasteiger partial charge in [0.15, 0.2) is 6.10 Å². The van der Waals surface area contributed by atoms with Crippen LogP contribution in [0.25, 0.3) is 0 Å². The molecule has 5 heteroatoms. The summed E-state index contributed by atoms with van der Waals surface area (Å²) < 4.78 is 17.2. The van der Waals surface area contributed by atoms with E-state index in [1.807, 2.05) is 24.3 Å². The zero-order valence-corrected chi connectivity index (χ0v) is 13.1. The Balaban J connectivity index is 2.03. The van der Waals surface area contributed by atoms with Gasteiger partial charge in [0.05, 0.1) is 14.2 Å². The molecular weight excluding hydrogens is 336 g/mol. The summed E-state index contributed by atoms with van der Waals surface area (Å²) in [7, 11) is 3.08. The van der Waals surface area contributed by atoms with Crippen LogP contribution in [-0.4, -0.2) is 20.0 Å². The van der Waals surface area contributed by atoms with Crippen molar-refractivity contribution in [2.24, 2.45) is 0 Å². The van der Waals surface area contributed by atoms with E-state index in [0.29, 0.717) is 22.8 Å². The molecule has 2 aromatic carbocycles. The van der Waals surface area contributed by atoms with Crippen LogP contribution in [0.5, 0.6) is 17.2 Å². The minimum Gasteiger partial charge on any atom is -0.496 e. The second-order valence-corrected chi connectivity index (χ2v) is 5.53. The molecule has 0 saturated carbocycles. The van der Waals surface area contributed by atoms with Crippen LogP contribution in [0.4, 0.5) is 0 Å². The van der Waals surface area contributed by atoms with Crippen LogP contribution in [0.3, 0.4) is 0 Å². The second kappa shape index (κ2) is 5.41. The first-order chi connectivity index (χ1) is 10.1. The molecule has 0 spiro atoms. The SMILES string of the molecule is COc1cc(OC)c2c(c1)OC(c1ccc(Br)cc1)C2=O. The zero-order chi connectivity index (χ0) is 15.0. The lowest BCUT2D eigenvalue weighted by atomic mass is 10.0. The molecule has 1 atom stereocenters. The fourth-order valence-electron chi connectivity index (χ4n) is 2.35. The van der Waals surface area contributed by atoms with E-state index in [2.05, 4.69) is 15.9 Å². The van der Waals surface area contributed by atoms with Crippen molar-refractivity contribution in [2.75, 3.05) is 14.2 Å². The number of methoxy groups -OCH3 is 2. The highest BCUT2D eigenvalue weighted by atomic mass is 79.9. The maximum absolute atomic E-state index is 12.6. The number of benzene rings is 2. The summed E-state index contributed by atoms with van der Waals surface area (Å²) in [4.78, 5) is 12.6. The molecule has 2 aromatic rings. The summed E-state index contributed by atoms with van der Waals surface area (Å²) in [5, 5.41) is 0. The number of fused-ring (bicyclic) bond motifs is 1. The van der Waals surface area contributed by atoms with Crippen LogP contribution in [0.2, 0.25) is 0 Å². The van der Waals surface area contributed by atoms with Crippen LogP contribution in [-0.2, 0) is 0 Å². The fourth-order valence-corrected chi connectivity index (χ4v) is 2.61. The molecule has 4 nitrogen and oxygen atoms in total. The van der Waals surface area contributed by atoms with Crippen LogP contribution < -0.4 is 14.2 Å². The standard InChI is InChI=1S/C16H13BrO4/c1-19-11-7-12(20-2)14-13(8-11)21-16(15(14)18)9-3-5-10(17)6-4-9/h3-8,16H,1-2H3. The molecule has 0 N–H and O–H groups in total. The van der Waals surface area contributed by atoms with Gasteiger partial charge in [0.1, 0.15) is 22.8 Å². The highest BCUT2D eigenvalue weighted by Gasteiger charge is 2.37. The van der Waals surface area contributed by atoms with Crippen LogP contribution in [0.1, 0.15) is 22.0 Å². The first-order valence-corrected chi connectivity index (χ1v) is 7.15. The molecule has 0 aliphatic carbocycles. The summed E-state index contributed by atoms with van der Waals surface area (Å²) in [6.45, 7) is 0. The molecule has 0 aromatic heterocycles. The highest BCUT2D eigenvalue weighted by molar-refractivity contribution is 9.10. The number of hydrogen-bond acceptors (Lipinski definition) is 4. The Bertz CT molecular complexity index is 694. The second-order valence-electron chi connectivity index (χ2n) is 4.62. The van der Waals surface area contributed by atoms with Gasteiger partial charge in [0.2, 0.25) is 5.78 Å². The van der Waals surface area contributed by atoms with E-state index in [-0.39, 0.29) is 5.78 Å². The van der Waals surface area contributed by atoms with Crippen molar-refractivity contribution in [3.8, 4) is 17.2 Å². The van der Waals surface area contributed by atoms with Gasteiger partial charge in [-0.15, -0.1) is 0 Å². The van der Waals surface area contributed by atoms with Gasteiger partial charge < -0.3 is 14.2 Å². The first kappa shape index (κ1) is 13.9. The van der Waals surface area contributed by atoms with Crippen molar-refractivity contribution >= 4 is 21.7 Å². The number of ketones is 1. The maximum Gasteiger partial charge on any atom is 0.215 e. The van der Waals surface area contributed by atoms with Crippen molar-refractivity contribution in [2.45, 2.75) is 6.10 Å². The van der Waals surface area contributed by atoms with E-state index in [1.54, 1.807) is 19.2 Å². The molecule has 21 heavy (non-hydrogen) atoms. The third-order valence-electron chi connectivity index (χ3n) is 3.40. The van der Waals surface area contributed by atoms with Crippen molar-refractivity contribution in [1.82, 2.24) is 0 Å². The van der Waals surface area contributed by atoms with E-state index >= 15 is 0 Å². The number of carbonyl (C=O) groups excluding carboxylic acids is 1. The smallest absolute Gasteiger partial charge is 0.215 e. The number of Topliss-reactive ketones (excluding diaryl/α,β-unsaturated/α-hetero) is 1. The van der Waals surface area contributed by atoms with Crippen molar-refractivity contribution < 1.29 is 19.0 Å². The number of hydrogen-bond donors (Lipinski definition) is 0. The summed E-state index contributed by atoms with van der Waals surface area (Å²) in [5.74, 6) is 1.44. The molecule has 0 bridgehead atoms. The first-order valence-electron chi connectivity index (χ1n) is 6.36. The lowest BCUT2D eigenvalue weighted by Gasteiger charge is -2.09. The molecule has 1 aliphatic heterocycles. The monoisotopic (exact) mass is 348 g/mol. The minimum atomic E-state index is -0.644. The van der Waals surface area contributed by atoms with Gasteiger partial charge in [-0.2, -0.15) is 0 Å². The number of ether oxygens (including phenoxy) is 3. The number of rotatable bonds is 3. The molecule has 3 rings (SSSR count). The minimum absolute atomic E-state index is 0.105. The van der Waals surface area contributed by atoms with E-state index in [0.717, 1.165) is 10.0 Å². The highest BCUT2D eigenvalue weighted by Crippen LogP contribution is 2.44. The van der Waals surface area contributed by atoms with Gasteiger partial charge in [0.25, 0.3) is 0 Å². The average molecular weight is 349 g/mol. The van der Waals surface area contributed by atoms with Gasteiger partial charge in [-0.1, -0.05) is 28.1 Å². The van der Waals surface area contributed by atoms with Crippen LogP contribution in [0.15, 0.2) is 40.9 Å². The fraction of sp³-hybridized carbons (Fsp3) is 0.188. The zero-order valence-electron chi connectivity index (χ0n) is 11.6. The summed E-state index contributed by atoms with van der Waals surface area (Å²) >= 11 is 3.38. The van der Waals surface area contributed by atoms with Gasteiger partial charge in [0, 0.05) is 22.2 Å². The normalized spacial score (nSPS) is 16.3. The predicted octanol–water partition coefficient (Wildman–Crippen LogP) is 3.78. The topological polar surface area (TPSA) is 44.8 Å². The Labute approximate surface area is 130 Å². The average Bonchev–Trinajstić information content (AvgIpc) is 2.84. The Morgan fingerprint density at radius 2 is 1.81 bits per heavy atom. The molecule has 108 valence electrons. The van der Waals surface area contributed by atoms with Crippen LogP contribution >= 0.6 is 15.9 Å². The van der Waals surface area contributed by atoms with Gasteiger partial charge in [-0.3, -0.25) is 4.79 Å². The quantitative estimate of drug-likeness (QED) is 0.846. The maximum atomic E-state index is 12.6. The van der Waals surface area contributed by atoms with Crippen molar-refractivity contribution in [1.29, 1.82) is 0 Å². The lowest BCUT2D eigenvalue weighted by Crippen LogP contribution is -2.11. The summed E-state index contributed by atoms with van der Waals surface area (Å²) in [5.41, 5.74) is 1.27. The molecule has 0 fully saturated rings. The molecule has 0 amide bonds. The molecule has 1 unspecified atom stereocenters.